The van der Waals surface area contributed by atoms with Crippen LogP contribution in [0.1, 0.15) is 17.5 Å². The average Bonchev–Trinajstić information content (AvgIpc) is 2.18. The summed E-state index contributed by atoms with van der Waals surface area (Å²) in [6, 6.07) is 0. The third-order valence-electron chi connectivity index (χ3n) is 1.96. The van der Waals surface area contributed by atoms with Gasteiger partial charge in [0, 0.05) is 18.6 Å². The van der Waals surface area contributed by atoms with Crippen LogP contribution < -0.4 is 4.74 Å². The molecule has 0 fully saturated rings. The second-order valence-electron chi connectivity index (χ2n) is 2.97. The lowest BCUT2D eigenvalue weighted by Gasteiger charge is -2.08. The smallest absolute Gasteiger partial charge is 0.236 e. The van der Waals surface area contributed by atoms with Crippen molar-refractivity contribution >= 4 is 11.6 Å². The minimum atomic E-state index is 0.110. The standard InChI is InChI=1S/C9H13ClN2O2/c1-6-7(2)9(12-11-8(6)10)14-5-3-4-13/h13H,3-5H2,1-2H3. The Labute approximate surface area is 87.9 Å². The fourth-order valence-corrected chi connectivity index (χ4v) is 1.10. The number of rotatable bonds is 4. The van der Waals surface area contributed by atoms with Gasteiger partial charge in [-0.05, 0) is 19.4 Å². The fourth-order valence-electron chi connectivity index (χ4n) is 0.925. The lowest BCUT2D eigenvalue weighted by Crippen LogP contribution is -2.05. The third kappa shape index (κ3) is 2.56. The van der Waals surface area contributed by atoms with Crippen LogP contribution >= 0.6 is 11.6 Å². The Balaban J connectivity index is 2.73. The molecule has 0 atom stereocenters. The van der Waals surface area contributed by atoms with E-state index in [4.69, 9.17) is 21.4 Å². The molecule has 0 aliphatic carbocycles. The first-order chi connectivity index (χ1) is 6.66. The maximum Gasteiger partial charge on any atom is 0.236 e. The van der Waals surface area contributed by atoms with Crippen molar-refractivity contribution in [3.63, 3.8) is 0 Å². The Morgan fingerprint density at radius 3 is 2.64 bits per heavy atom. The Kier molecular flexibility index (Phi) is 4.10. The molecule has 0 saturated carbocycles. The zero-order chi connectivity index (χ0) is 10.6. The Bertz CT molecular complexity index is 318. The van der Waals surface area contributed by atoms with E-state index >= 15 is 0 Å². The van der Waals surface area contributed by atoms with Gasteiger partial charge in [-0.2, -0.15) is 0 Å². The monoisotopic (exact) mass is 216 g/mol. The van der Waals surface area contributed by atoms with Crippen LogP contribution in [0.5, 0.6) is 5.88 Å². The van der Waals surface area contributed by atoms with E-state index in [0.717, 1.165) is 11.1 Å². The van der Waals surface area contributed by atoms with Crippen LogP contribution in [-0.4, -0.2) is 28.5 Å². The minimum absolute atomic E-state index is 0.110. The van der Waals surface area contributed by atoms with Crippen molar-refractivity contribution in [1.82, 2.24) is 10.2 Å². The maximum atomic E-state index is 8.58. The summed E-state index contributed by atoms with van der Waals surface area (Å²) in [5.74, 6) is 0.486. The molecule has 0 unspecified atom stereocenters. The van der Waals surface area contributed by atoms with Crippen molar-refractivity contribution in [3.8, 4) is 5.88 Å². The Morgan fingerprint density at radius 1 is 1.29 bits per heavy atom. The molecule has 1 aromatic heterocycles. The second-order valence-corrected chi connectivity index (χ2v) is 3.33. The number of halogens is 1. The molecule has 1 heterocycles. The summed E-state index contributed by atoms with van der Waals surface area (Å²) in [4.78, 5) is 0. The van der Waals surface area contributed by atoms with Crippen molar-refractivity contribution in [2.45, 2.75) is 20.3 Å². The molecule has 1 rings (SSSR count). The molecule has 4 nitrogen and oxygen atoms in total. The lowest BCUT2D eigenvalue weighted by molar-refractivity contribution is 0.227. The molecule has 1 aromatic rings. The summed E-state index contributed by atoms with van der Waals surface area (Å²) in [5, 5.41) is 16.5. The third-order valence-corrected chi connectivity index (χ3v) is 2.32. The van der Waals surface area contributed by atoms with Gasteiger partial charge in [-0.25, -0.2) is 0 Å². The highest BCUT2D eigenvalue weighted by Gasteiger charge is 2.08. The number of ether oxygens (including phenoxy) is 1. The zero-order valence-electron chi connectivity index (χ0n) is 8.25. The number of nitrogens with zero attached hydrogens (tertiary/aromatic N) is 2. The van der Waals surface area contributed by atoms with Crippen molar-refractivity contribution in [2.24, 2.45) is 0 Å². The van der Waals surface area contributed by atoms with Crippen LogP contribution in [0.25, 0.3) is 0 Å². The molecule has 1 N–H and O–H groups in total. The largest absolute Gasteiger partial charge is 0.476 e. The van der Waals surface area contributed by atoms with Gasteiger partial charge in [0.2, 0.25) is 5.88 Å². The number of aliphatic hydroxyl groups excluding tert-OH is 1. The van der Waals surface area contributed by atoms with Gasteiger partial charge in [-0.1, -0.05) is 11.6 Å². The van der Waals surface area contributed by atoms with Gasteiger partial charge in [0.05, 0.1) is 6.61 Å². The molecule has 14 heavy (non-hydrogen) atoms. The molecule has 0 bridgehead atoms. The van der Waals surface area contributed by atoms with E-state index in [9.17, 15) is 0 Å². The van der Waals surface area contributed by atoms with E-state index in [1.807, 2.05) is 13.8 Å². The Morgan fingerprint density at radius 2 is 2.00 bits per heavy atom. The van der Waals surface area contributed by atoms with Crippen LogP contribution in [-0.2, 0) is 0 Å². The van der Waals surface area contributed by atoms with Gasteiger partial charge < -0.3 is 9.84 Å². The van der Waals surface area contributed by atoms with Crippen molar-refractivity contribution in [3.05, 3.63) is 16.3 Å². The van der Waals surface area contributed by atoms with E-state index in [1.54, 1.807) is 0 Å². The molecule has 0 aliphatic rings. The van der Waals surface area contributed by atoms with E-state index in [1.165, 1.54) is 0 Å². The molecule has 5 heteroatoms. The predicted octanol–water partition coefficient (Wildman–Crippen LogP) is 1.51. The van der Waals surface area contributed by atoms with E-state index < -0.39 is 0 Å². The molecular weight excluding hydrogens is 204 g/mol. The van der Waals surface area contributed by atoms with Crippen molar-refractivity contribution in [1.29, 1.82) is 0 Å². The summed E-state index contributed by atoms with van der Waals surface area (Å²) < 4.78 is 5.32. The average molecular weight is 217 g/mol. The van der Waals surface area contributed by atoms with Crippen LogP contribution in [0.2, 0.25) is 5.15 Å². The highest BCUT2D eigenvalue weighted by atomic mass is 35.5. The van der Waals surface area contributed by atoms with Gasteiger partial charge in [0.1, 0.15) is 0 Å². The molecule has 0 saturated heterocycles. The summed E-state index contributed by atoms with van der Waals surface area (Å²) >= 11 is 5.78. The number of hydrogen-bond acceptors (Lipinski definition) is 4. The number of hydrogen-bond donors (Lipinski definition) is 1. The first-order valence-corrected chi connectivity index (χ1v) is 4.77. The van der Waals surface area contributed by atoms with E-state index in [2.05, 4.69) is 10.2 Å². The number of aromatic nitrogens is 2. The molecular formula is C9H13ClN2O2. The van der Waals surface area contributed by atoms with Crippen molar-refractivity contribution < 1.29 is 9.84 Å². The van der Waals surface area contributed by atoms with Gasteiger partial charge in [-0.3, -0.25) is 0 Å². The summed E-state index contributed by atoms with van der Waals surface area (Å²) in [6.07, 6.45) is 0.586. The van der Waals surface area contributed by atoms with Crippen LogP contribution in [0, 0.1) is 13.8 Å². The molecule has 0 spiro atoms. The fraction of sp³-hybridized carbons (Fsp3) is 0.556. The topological polar surface area (TPSA) is 55.2 Å². The quantitative estimate of drug-likeness (QED) is 0.776. The SMILES string of the molecule is Cc1c(Cl)nnc(OCCCO)c1C. The normalized spacial score (nSPS) is 10.3. The lowest BCUT2D eigenvalue weighted by atomic mass is 10.2. The highest BCUT2D eigenvalue weighted by Crippen LogP contribution is 2.22. The first kappa shape index (κ1) is 11.2. The van der Waals surface area contributed by atoms with E-state index in [-0.39, 0.29) is 6.61 Å². The molecule has 0 aromatic carbocycles. The van der Waals surface area contributed by atoms with Gasteiger partial charge in [0.15, 0.2) is 5.15 Å². The molecule has 78 valence electrons. The summed E-state index contributed by atoms with van der Waals surface area (Å²) in [7, 11) is 0. The highest BCUT2D eigenvalue weighted by molar-refractivity contribution is 6.30. The zero-order valence-corrected chi connectivity index (χ0v) is 9.01. The second kappa shape index (κ2) is 5.12. The molecule has 0 amide bonds. The Hall–Kier alpha value is -0.870. The molecule has 0 aliphatic heterocycles. The van der Waals surface area contributed by atoms with Crippen LogP contribution in [0.3, 0.4) is 0 Å². The minimum Gasteiger partial charge on any atom is -0.476 e. The van der Waals surface area contributed by atoms with Gasteiger partial charge in [-0.15, -0.1) is 10.2 Å². The van der Waals surface area contributed by atoms with Gasteiger partial charge >= 0.3 is 0 Å². The predicted molar refractivity (Wildman–Crippen MR) is 53.7 cm³/mol. The van der Waals surface area contributed by atoms with E-state index in [0.29, 0.717) is 24.1 Å². The summed E-state index contributed by atoms with van der Waals surface area (Å²) in [5.41, 5.74) is 1.77. The maximum absolute atomic E-state index is 8.58. The van der Waals surface area contributed by atoms with Crippen molar-refractivity contribution in [2.75, 3.05) is 13.2 Å². The van der Waals surface area contributed by atoms with Gasteiger partial charge in [0.25, 0.3) is 0 Å². The molecule has 0 radical (unpaired) electrons. The first-order valence-electron chi connectivity index (χ1n) is 4.40. The summed E-state index contributed by atoms with van der Waals surface area (Å²) in [6.45, 7) is 4.29. The number of aliphatic hydroxyl groups is 1. The van der Waals surface area contributed by atoms with Crippen LogP contribution in [0.15, 0.2) is 0 Å². The van der Waals surface area contributed by atoms with Crippen LogP contribution in [0.4, 0.5) is 0 Å².